The first kappa shape index (κ1) is 13.2. The highest BCUT2D eigenvalue weighted by Gasteiger charge is 2.40. The number of ether oxygens (including phenoxy) is 1. The monoisotopic (exact) mass is 227 g/mol. The smallest absolute Gasteiger partial charge is 0.377 e. The molecule has 0 aliphatic heterocycles. The number of nitrogens with two attached hydrogens (primary N) is 1. The molecule has 4 nitrogen and oxygen atoms in total. The third kappa shape index (κ3) is 5.00. The van der Waals surface area contributed by atoms with E-state index in [1.165, 1.54) is 6.92 Å². The van der Waals surface area contributed by atoms with Crippen LogP contribution in [0.15, 0.2) is 0 Å². The van der Waals surface area contributed by atoms with Gasteiger partial charge in [-0.2, -0.15) is 8.78 Å². The van der Waals surface area contributed by atoms with Crippen molar-refractivity contribution in [3.05, 3.63) is 0 Å². The quantitative estimate of drug-likeness (QED) is 0.667. The van der Waals surface area contributed by atoms with Crippen LogP contribution in [0.3, 0.4) is 0 Å². The molecule has 0 aromatic heterocycles. The number of carbonyl (C=O) groups is 2. The predicted molar refractivity (Wildman–Crippen MR) is 48.1 cm³/mol. The van der Waals surface area contributed by atoms with Crippen LogP contribution in [0.1, 0.15) is 6.92 Å². The Bertz CT molecular complexity index is 223. The van der Waals surface area contributed by atoms with E-state index >= 15 is 0 Å². The van der Waals surface area contributed by atoms with Crippen molar-refractivity contribution < 1.29 is 23.1 Å². The molecule has 0 spiro atoms. The second kappa shape index (κ2) is 5.79. The van der Waals surface area contributed by atoms with Gasteiger partial charge in [0.1, 0.15) is 0 Å². The maximum absolute atomic E-state index is 12.8. The van der Waals surface area contributed by atoms with Gasteiger partial charge < -0.3 is 10.5 Å². The zero-order valence-electron chi connectivity index (χ0n) is 7.59. The van der Waals surface area contributed by atoms with Crippen molar-refractivity contribution in [2.75, 3.05) is 18.1 Å². The highest BCUT2D eigenvalue weighted by molar-refractivity contribution is 8.00. The number of alkyl halides is 2. The molecular weight excluding hydrogens is 216 g/mol. The molecule has 7 heteroatoms. The van der Waals surface area contributed by atoms with Gasteiger partial charge in [0.15, 0.2) is 0 Å². The van der Waals surface area contributed by atoms with E-state index in [-0.39, 0.29) is 12.4 Å². The lowest BCUT2D eigenvalue weighted by atomic mass is 10.4. The molecule has 0 radical (unpaired) electrons. The van der Waals surface area contributed by atoms with E-state index in [0.717, 1.165) is 0 Å². The standard InChI is InChI=1S/C7H11F2NO3S/c1-2-13-6(12)7(8,9)4-14-3-5(10)11/h2-4H2,1H3,(H2,10,11). The number of hydrogen-bond acceptors (Lipinski definition) is 4. The topological polar surface area (TPSA) is 69.4 Å². The summed E-state index contributed by atoms with van der Waals surface area (Å²) in [6.45, 7) is 1.33. The zero-order valence-corrected chi connectivity index (χ0v) is 8.40. The third-order valence-corrected chi connectivity index (χ3v) is 2.16. The summed E-state index contributed by atoms with van der Waals surface area (Å²) in [7, 11) is 0. The summed E-state index contributed by atoms with van der Waals surface area (Å²) in [5.41, 5.74) is 4.74. The third-order valence-electron chi connectivity index (χ3n) is 1.10. The summed E-state index contributed by atoms with van der Waals surface area (Å²) in [5.74, 6) is -6.87. The second-order valence-corrected chi connectivity index (χ2v) is 3.37. The van der Waals surface area contributed by atoms with Crippen LogP contribution < -0.4 is 5.73 Å². The Balaban J connectivity index is 3.93. The molecule has 0 aliphatic rings. The number of thioether (sulfide) groups is 1. The van der Waals surface area contributed by atoms with E-state index in [1.54, 1.807) is 0 Å². The maximum Gasteiger partial charge on any atom is 0.377 e. The molecule has 2 N–H and O–H groups in total. The zero-order chi connectivity index (χ0) is 11.2. The molecular formula is C7H11F2NO3S. The number of amides is 1. The number of primary amides is 1. The fourth-order valence-electron chi connectivity index (χ4n) is 0.575. The molecule has 0 rings (SSSR count). The fourth-order valence-corrected chi connectivity index (χ4v) is 1.25. The van der Waals surface area contributed by atoms with Gasteiger partial charge in [0, 0.05) is 0 Å². The lowest BCUT2D eigenvalue weighted by Crippen LogP contribution is -2.34. The molecule has 0 fully saturated rings. The van der Waals surface area contributed by atoms with E-state index in [1.807, 2.05) is 0 Å². The maximum atomic E-state index is 12.8. The van der Waals surface area contributed by atoms with Crippen molar-refractivity contribution in [3.63, 3.8) is 0 Å². The van der Waals surface area contributed by atoms with Crippen molar-refractivity contribution in [1.29, 1.82) is 0 Å². The molecule has 0 aliphatic carbocycles. The normalized spacial score (nSPS) is 11.1. The average molecular weight is 227 g/mol. The van der Waals surface area contributed by atoms with Crippen molar-refractivity contribution in [2.45, 2.75) is 12.8 Å². The average Bonchev–Trinajstić information content (AvgIpc) is 2.03. The summed E-state index contributed by atoms with van der Waals surface area (Å²) < 4.78 is 29.8. The van der Waals surface area contributed by atoms with Crippen molar-refractivity contribution in [3.8, 4) is 0 Å². The van der Waals surface area contributed by atoms with E-state index in [4.69, 9.17) is 5.73 Å². The van der Waals surface area contributed by atoms with Gasteiger partial charge in [-0.05, 0) is 6.92 Å². The first-order chi connectivity index (χ1) is 6.40. The summed E-state index contributed by atoms with van der Waals surface area (Å²) in [5, 5.41) is 0. The molecule has 0 bridgehead atoms. The summed E-state index contributed by atoms with van der Waals surface area (Å²) >= 11 is 0.597. The largest absolute Gasteiger partial charge is 0.462 e. The van der Waals surface area contributed by atoms with Gasteiger partial charge >= 0.3 is 11.9 Å². The summed E-state index contributed by atoms with van der Waals surface area (Å²) in [6, 6.07) is 0. The minimum absolute atomic E-state index is 0.102. The van der Waals surface area contributed by atoms with E-state index in [9.17, 15) is 18.4 Å². The van der Waals surface area contributed by atoms with Gasteiger partial charge in [-0.1, -0.05) is 0 Å². The lowest BCUT2D eigenvalue weighted by Gasteiger charge is -2.13. The molecule has 0 aromatic rings. The SMILES string of the molecule is CCOC(=O)C(F)(F)CSCC(N)=O. The van der Waals surface area contributed by atoms with E-state index < -0.39 is 23.6 Å². The number of hydrogen-bond donors (Lipinski definition) is 1. The van der Waals surface area contributed by atoms with E-state index in [0.29, 0.717) is 11.8 Å². The van der Waals surface area contributed by atoms with Gasteiger partial charge in [-0.15, -0.1) is 11.8 Å². The molecule has 1 amide bonds. The van der Waals surface area contributed by atoms with Gasteiger partial charge in [-0.25, -0.2) is 4.79 Å². The number of esters is 1. The van der Waals surface area contributed by atoms with Crippen LogP contribution in [-0.4, -0.2) is 35.9 Å². The Morgan fingerprint density at radius 3 is 2.50 bits per heavy atom. The van der Waals surface area contributed by atoms with Crippen LogP contribution in [0.5, 0.6) is 0 Å². The lowest BCUT2D eigenvalue weighted by molar-refractivity contribution is -0.167. The Morgan fingerprint density at radius 2 is 2.07 bits per heavy atom. The number of rotatable bonds is 6. The summed E-state index contributed by atoms with van der Waals surface area (Å²) in [6.07, 6.45) is 0. The van der Waals surface area contributed by atoms with Crippen LogP contribution in [0.4, 0.5) is 8.78 Å². The Labute approximate surface area is 84.2 Å². The molecule has 14 heavy (non-hydrogen) atoms. The van der Waals surface area contributed by atoms with Gasteiger partial charge in [0.2, 0.25) is 5.91 Å². The fraction of sp³-hybridized carbons (Fsp3) is 0.714. The first-order valence-corrected chi connectivity index (χ1v) is 4.96. The van der Waals surface area contributed by atoms with Crippen molar-refractivity contribution in [1.82, 2.24) is 0 Å². The molecule has 0 heterocycles. The van der Waals surface area contributed by atoms with Gasteiger partial charge in [0.25, 0.3) is 0 Å². The van der Waals surface area contributed by atoms with Crippen LogP contribution in [0, 0.1) is 0 Å². The Morgan fingerprint density at radius 1 is 1.50 bits per heavy atom. The highest BCUT2D eigenvalue weighted by Crippen LogP contribution is 2.21. The molecule has 0 saturated heterocycles. The van der Waals surface area contributed by atoms with Crippen LogP contribution in [0.2, 0.25) is 0 Å². The van der Waals surface area contributed by atoms with Crippen molar-refractivity contribution in [2.24, 2.45) is 5.73 Å². The minimum atomic E-state index is -3.56. The molecule has 0 unspecified atom stereocenters. The van der Waals surface area contributed by atoms with Crippen LogP contribution in [0.25, 0.3) is 0 Å². The number of carbonyl (C=O) groups excluding carboxylic acids is 2. The van der Waals surface area contributed by atoms with Crippen LogP contribution in [-0.2, 0) is 14.3 Å². The molecule has 0 saturated carbocycles. The molecule has 0 atom stereocenters. The van der Waals surface area contributed by atoms with Gasteiger partial charge in [0.05, 0.1) is 18.1 Å². The predicted octanol–water partition coefficient (Wildman–Crippen LogP) is 0.403. The van der Waals surface area contributed by atoms with Crippen LogP contribution >= 0.6 is 11.8 Å². The minimum Gasteiger partial charge on any atom is -0.462 e. The van der Waals surface area contributed by atoms with Crippen molar-refractivity contribution >= 4 is 23.6 Å². The summed E-state index contributed by atoms with van der Waals surface area (Å²) in [4.78, 5) is 20.9. The van der Waals surface area contributed by atoms with E-state index in [2.05, 4.69) is 4.74 Å². The molecule has 0 aromatic carbocycles. The molecule has 82 valence electrons. The first-order valence-electron chi connectivity index (χ1n) is 3.81. The second-order valence-electron chi connectivity index (χ2n) is 2.38. The Hall–Kier alpha value is -0.850. The van der Waals surface area contributed by atoms with Gasteiger partial charge in [-0.3, -0.25) is 4.79 Å². The highest BCUT2D eigenvalue weighted by atomic mass is 32.2. The Kier molecular flexibility index (Phi) is 5.44. The number of halogens is 2.